The molecular weight excluding hydrogens is 318 g/mol. The molecule has 0 saturated carbocycles. The van der Waals surface area contributed by atoms with E-state index < -0.39 is 9.85 Å². The number of benzene rings is 2. The minimum Gasteiger partial charge on any atom is -0.497 e. The molecule has 9 heteroatoms. The lowest BCUT2D eigenvalue weighted by Crippen LogP contribution is -2.12. The summed E-state index contributed by atoms with van der Waals surface area (Å²) in [6.07, 6.45) is 0. The van der Waals surface area contributed by atoms with Gasteiger partial charge in [-0.25, -0.2) is 0 Å². The summed E-state index contributed by atoms with van der Waals surface area (Å²) < 4.78 is 10.5. The van der Waals surface area contributed by atoms with Crippen LogP contribution >= 0.6 is 0 Å². The van der Waals surface area contributed by atoms with Gasteiger partial charge in [-0.05, 0) is 30.3 Å². The number of hydrogen-bond donors (Lipinski definition) is 1. The highest BCUT2D eigenvalue weighted by atomic mass is 16.6. The fraction of sp³-hybridized carbons (Fsp3) is 0.200. The molecule has 0 radical (unpaired) electrons. The van der Waals surface area contributed by atoms with E-state index in [1.807, 2.05) is 0 Å². The number of nitro groups is 2. The van der Waals surface area contributed by atoms with E-state index in [-0.39, 0.29) is 23.7 Å². The van der Waals surface area contributed by atoms with Gasteiger partial charge in [0.25, 0.3) is 11.4 Å². The first-order chi connectivity index (χ1) is 11.5. The number of ether oxygens (including phenoxy) is 2. The predicted molar refractivity (Wildman–Crippen MR) is 86.7 cm³/mol. The fourth-order valence-corrected chi connectivity index (χ4v) is 1.96. The van der Waals surface area contributed by atoms with Crippen molar-refractivity contribution >= 4 is 17.1 Å². The Balaban J connectivity index is 1.93. The average molecular weight is 333 g/mol. The van der Waals surface area contributed by atoms with Crippen LogP contribution in [0.25, 0.3) is 0 Å². The van der Waals surface area contributed by atoms with Gasteiger partial charge < -0.3 is 14.8 Å². The summed E-state index contributed by atoms with van der Waals surface area (Å²) >= 11 is 0. The van der Waals surface area contributed by atoms with Crippen molar-refractivity contribution in [3.05, 3.63) is 62.7 Å². The van der Waals surface area contributed by atoms with Gasteiger partial charge in [0.15, 0.2) is 0 Å². The Labute approximate surface area is 137 Å². The summed E-state index contributed by atoms with van der Waals surface area (Å²) in [6.45, 7) is 0.561. The van der Waals surface area contributed by atoms with Gasteiger partial charge in [-0.3, -0.25) is 20.2 Å². The monoisotopic (exact) mass is 333 g/mol. The molecule has 0 aromatic heterocycles. The van der Waals surface area contributed by atoms with Crippen LogP contribution in [0.4, 0.5) is 17.1 Å². The van der Waals surface area contributed by atoms with Crippen LogP contribution in [0.3, 0.4) is 0 Å². The van der Waals surface area contributed by atoms with Crippen molar-refractivity contribution < 1.29 is 19.3 Å². The Morgan fingerprint density at radius 3 is 2.25 bits per heavy atom. The lowest BCUT2D eigenvalue weighted by atomic mass is 10.2. The highest BCUT2D eigenvalue weighted by molar-refractivity contribution is 5.65. The number of non-ortho nitro benzene ring substituents is 1. The van der Waals surface area contributed by atoms with Gasteiger partial charge in [0.1, 0.15) is 23.8 Å². The van der Waals surface area contributed by atoms with Crippen LogP contribution in [0.1, 0.15) is 0 Å². The van der Waals surface area contributed by atoms with Gasteiger partial charge in [-0.2, -0.15) is 0 Å². The molecule has 0 saturated heterocycles. The number of rotatable bonds is 8. The topological polar surface area (TPSA) is 117 Å². The van der Waals surface area contributed by atoms with E-state index in [0.29, 0.717) is 18.0 Å². The molecule has 1 N–H and O–H groups in total. The van der Waals surface area contributed by atoms with Crippen molar-refractivity contribution in [1.29, 1.82) is 0 Å². The number of nitrogens with one attached hydrogen (secondary N) is 1. The molecule has 2 aromatic rings. The quantitative estimate of drug-likeness (QED) is 0.448. The zero-order chi connectivity index (χ0) is 17.5. The van der Waals surface area contributed by atoms with Crippen LogP contribution < -0.4 is 14.8 Å². The fourth-order valence-electron chi connectivity index (χ4n) is 1.96. The Morgan fingerprint density at radius 2 is 1.67 bits per heavy atom. The van der Waals surface area contributed by atoms with Crippen molar-refractivity contribution in [1.82, 2.24) is 0 Å². The second-order valence-electron chi connectivity index (χ2n) is 4.67. The largest absolute Gasteiger partial charge is 0.497 e. The second kappa shape index (κ2) is 7.77. The van der Waals surface area contributed by atoms with Crippen LogP contribution in [0.2, 0.25) is 0 Å². The van der Waals surface area contributed by atoms with E-state index in [1.165, 1.54) is 12.1 Å². The molecule has 0 aliphatic carbocycles. The first kappa shape index (κ1) is 17.0. The summed E-state index contributed by atoms with van der Waals surface area (Å²) in [5.41, 5.74) is -0.487. The van der Waals surface area contributed by atoms with Gasteiger partial charge in [-0.1, -0.05) is 0 Å². The van der Waals surface area contributed by atoms with Crippen LogP contribution in [0.15, 0.2) is 42.5 Å². The lowest BCUT2D eigenvalue weighted by Gasteiger charge is -2.09. The molecular formula is C15H15N3O6. The molecule has 0 fully saturated rings. The molecule has 0 bridgehead atoms. The second-order valence-corrected chi connectivity index (χ2v) is 4.67. The molecule has 0 aliphatic heterocycles. The van der Waals surface area contributed by atoms with E-state index >= 15 is 0 Å². The molecule has 2 rings (SSSR count). The summed E-state index contributed by atoms with van der Waals surface area (Å²) in [7, 11) is 1.57. The standard InChI is InChI=1S/C15H15N3O6/c1-23-12-3-5-13(6-4-12)24-9-8-16-14-7-2-11(17(19)20)10-15(14)18(21)22/h2-7,10,16H,8-9H2,1H3. The maximum absolute atomic E-state index is 11.0. The van der Waals surface area contributed by atoms with Crippen molar-refractivity contribution in [2.24, 2.45) is 0 Å². The Morgan fingerprint density at radius 1 is 1.00 bits per heavy atom. The zero-order valence-electron chi connectivity index (χ0n) is 12.8. The summed E-state index contributed by atoms with van der Waals surface area (Å²) in [6, 6.07) is 10.4. The minimum atomic E-state index is -0.677. The number of hydrogen-bond acceptors (Lipinski definition) is 7. The van der Waals surface area contributed by atoms with Crippen molar-refractivity contribution in [3.8, 4) is 11.5 Å². The molecule has 126 valence electrons. The average Bonchev–Trinajstić information content (AvgIpc) is 2.59. The number of nitrogens with zero attached hydrogens (tertiary/aromatic N) is 2. The van der Waals surface area contributed by atoms with Gasteiger partial charge in [-0.15, -0.1) is 0 Å². The third kappa shape index (κ3) is 4.32. The molecule has 0 heterocycles. The van der Waals surface area contributed by atoms with E-state index in [0.717, 1.165) is 6.07 Å². The third-order valence-electron chi connectivity index (χ3n) is 3.13. The highest BCUT2D eigenvalue weighted by Crippen LogP contribution is 2.28. The lowest BCUT2D eigenvalue weighted by molar-refractivity contribution is -0.393. The predicted octanol–water partition coefficient (Wildman–Crippen LogP) is 3.00. The van der Waals surface area contributed by atoms with E-state index in [2.05, 4.69) is 5.32 Å². The Hall–Kier alpha value is -3.36. The minimum absolute atomic E-state index is 0.198. The number of anilines is 1. The molecule has 2 aromatic carbocycles. The molecule has 24 heavy (non-hydrogen) atoms. The molecule has 0 amide bonds. The molecule has 9 nitrogen and oxygen atoms in total. The van der Waals surface area contributed by atoms with E-state index in [4.69, 9.17) is 9.47 Å². The first-order valence-corrected chi connectivity index (χ1v) is 6.95. The first-order valence-electron chi connectivity index (χ1n) is 6.95. The van der Waals surface area contributed by atoms with Crippen LogP contribution in [-0.4, -0.2) is 30.1 Å². The third-order valence-corrected chi connectivity index (χ3v) is 3.13. The maximum Gasteiger partial charge on any atom is 0.299 e. The highest BCUT2D eigenvalue weighted by Gasteiger charge is 2.18. The smallest absolute Gasteiger partial charge is 0.299 e. The van der Waals surface area contributed by atoms with Gasteiger partial charge >= 0.3 is 0 Å². The summed E-state index contributed by atoms with van der Waals surface area (Å²) in [4.78, 5) is 20.4. The number of methoxy groups -OCH3 is 1. The maximum atomic E-state index is 11.0. The van der Waals surface area contributed by atoms with Crippen molar-refractivity contribution in [3.63, 3.8) is 0 Å². The molecule has 0 aliphatic rings. The molecule has 0 unspecified atom stereocenters. The van der Waals surface area contributed by atoms with Gasteiger partial charge in [0.05, 0.1) is 23.0 Å². The molecule has 0 atom stereocenters. The van der Waals surface area contributed by atoms with Crippen LogP contribution in [-0.2, 0) is 0 Å². The summed E-state index contributed by atoms with van der Waals surface area (Å²) in [5, 5.41) is 24.5. The van der Waals surface area contributed by atoms with Crippen LogP contribution in [0.5, 0.6) is 11.5 Å². The Kier molecular flexibility index (Phi) is 5.50. The molecule has 0 spiro atoms. The van der Waals surface area contributed by atoms with E-state index in [9.17, 15) is 20.2 Å². The van der Waals surface area contributed by atoms with Crippen molar-refractivity contribution in [2.45, 2.75) is 0 Å². The van der Waals surface area contributed by atoms with Gasteiger partial charge in [0.2, 0.25) is 0 Å². The van der Waals surface area contributed by atoms with E-state index in [1.54, 1.807) is 31.4 Å². The summed E-state index contributed by atoms with van der Waals surface area (Å²) in [5.74, 6) is 1.35. The van der Waals surface area contributed by atoms with Crippen LogP contribution in [0, 0.1) is 20.2 Å². The normalized spacial score (nSPS) is 10.0. The SMILES string of the molecule is COc1ccc(OCCNc2ccc([N+](=O)[O-])cc2[N+](=O)[O-])cc1. The van der Waals surface area contributed by atoms with Gasteiger partial charge in [0, 0.05) is 12.6 Å². The zero-order valence-corrected chi connectivity index (χ0v) is 12.8. The number of nitro benzene ring substituents is 2. The van der Waals surface area contributed by atoms with Crippen molar-refractivity contribution in [2.75, 3.05) is 25.6 Å². The Bertz CT molecular complexity index is 732.